The molecule has 0 amide bonds. The van der Waals surface area contributed by atoms with E-state index in [1.165, 1.54) is 0 Å². The van der Waals surface area contributed by atoms with Crippen LogP contribution in [-0.2, 0) is 6.54 Å². The van der Waals surface area contributed by atoms with Crippen molar-refractivity contribution in [2.45, 2.75) is 6.54 Å². The van der Waals surface area contributed by atoms with Gasteiger partial charge >= 0.3 is 0 Å². The zero-order chi connectivity index (χ0) is 11.4. The van der Waals surface area contributed by atoms with Gasteiger partial charge in [0.05, 0.1) is 12.8 Å². The SMILES string of the molecule is NC(=S)c1nccnc1NCc1ccco1. The normalized spacial score (nSPS) is 10.0. The number of anilines is 1. The summed E-state index contributed by atoms with van der Waals surface area (Å²) in [6.45, 7) is 0.515. The molecule has 0 saturated heterocycles. The third kappa shape index (κ3) is 2.34. The lowest BCUT2D eigenvalue weighted by molar-refractivity contribution is 0.518. The lowest BCUT2D eigenvalue weighted by Crippen LogP contribution is -2.16. The first kappa shape index (κ1) is 10.6. The Balaban J connectivity index is 2.12. The Bertz CT molecular complexity index is 483. The van der Waals surface area contributed by atoms with Crippen molar-refractivity contribution in [1.29, 1.82) is 0 Å². The molecular weight excluding hydrogens is 224 g/mol. The highest BCUT2D eigenvalue weighted by Gasteiger charge is 2.07. The molecule has 0 fully saturated rings. The number of nitrogens with one attached hydrogen (secondary N) is 1. The number of furan rings is 1. The first-order valence-electron chi connectivity index (χ1n) is 4.64. The van der Waals surface area contributed by atoms with Gasteiger partial charge in [0.1, 0.15) is 16.4 Å². The van der Waals surface area contributed by atoms with Crippen molar-refractivity contribution in [3.05, 3.63) is 42.2 Å². The largest absolute Gasteiger partial charge is 0.467 e. The second-order valence-corrected chi connectivity index (χ2v) is 3.49. The minimum atomic E-state index is 0.218. The van der Waals surface area contributed by atoms with Gasteiger partial charge in [0.2, 0.25) is 0 Å². The average Bonchev–Trinajstić information content (AvgIpc) is 2.79. The van der Waals surface area contributed by atoms with Crippen molar-refractivity contribution in [3.63, 3.8) is 0 Å². The molecule has 0 unspecified atom stereocenters. The van der Waals surface area contributed by atoms with Crippen LogP contribution in [0.15, 0.2) is 35.2 Å². The van der Waals surface area contributed by atoms with Gasteiger partial charge in [-0.1, -0.05) is 12.2 Å². The van der Waals surface area contributed by atoms with Gasteiger partial charge in [0, 0.05) is 12.4 Å². The van der Waals surface area contributed by atoms with Gasteiger partial charge in [0.25, 0.3) is 0 Å². The second-order valence-electron chi connectivity index (χ2n) is 3.05. The van der Waals surface area contributed by atoms with Gasteiger partial charge in [-0.3, -0.25) is 0 Å². The quantitative estimate of drug-likeness (QED) is 0.777. The molecule has 82 valence electrons. The molecule has 2 aromatic heterocycles. The van der Waals surface area contributed by atoms with E-state index in [0.29, 0.717) is 18.1 Å². The molecule has 2 aromatic rings. The maximum Gasteiger partial charge on any atom is 0.155 e. The van der Waals surface area contributed by atoms with E-state index in [1.807, 2.05) is 12.1 Å². The van der Waals surface area contributed by atoms with Crippen LogP contribution in [0, 0.1) is 0 Å². The van der Waals surface area contributed by atoms with E-state index in [2.05, 4.69) is 15.3 Å². The summed E-state index contributed by atoms with van der Waals surface area (Å²) in [5, 5.41) is 3.06. The highest BCUT2D eigenvalue weighted by atomic mass is 32.1. The molecule has 0 bridgehead atoms. The highest BCUT2D eigenvalue weighted by Crippen LogP contribution is 2.10. The summed E-state index contributed by atoms with van der Waals surface area (Å²) in [5.74, 6) is 1.37. The second kappa shape index (κ2) is 4.71. The molecule has 0 radical (unpaired) electrons. The van der Waals surface area contributed by atoms with Crippen LogP contribution in [-0.4, -0.2) is 15.0 Å². The van der Waals surface area contributed by atoms with Gasteiger partial charge in [-0.15, -0.1) is 0 Å². The van der Waals surface area contributed by atoms with Gasteiger partial charge in [-0.05, 0) is 12.1 Å². The summed E-state index contributed by atoms with van der Waals surface area (Å²) >= 11 is 4.88. The van der Waals surface area contributed by atoms with Crippen LogP contribution in [0.3, 0.4) is 0 Å². The van der Waals surface area contributed by atoms with Gasteiger partial charge in [0.15, 0.2) is 5.82 Å². The standard InChI is InChI=1S/C10H10N4OS/c11-9(16)8-10(13-4-3-12-8)14-6-7-2-1-5-15-7/h1-5H,6H2,(H2,11,16)(H,13,14). The molecule has 2 rings (SSSR count). The number of hydrogen-bond acceptors (Lipinski definition) is 5. The Labute approximate surface area is 97.7 Å². The lowest BCUT2D eigenvalue weighted by Gasteiger charge is -2.06. The smallest absolute Gasteiger partial charge is 0.155 e. The van der Waals surface area contributed by atoms with Crippen LogP contribution in [0.2, 0.25) is 0 Å². The maximum absolute atomic E-state index is 5.53. The lowest BCUT2D eigenvalue weighted by atomic mass is 10.4. The zero-order valence-electron chi connectivity index (χ0n) is 8.38. The molecule has 0 aliphatic rings. The number of thiocarbonyl (C=S) groups is 1. The first-order valence-corrected chi connectivity index (χ1v) is 5.05. The van der Waals surface area contributed by atoms with E-state index in [4.69, 9.17) is 22.4 Å². The number of nitrogens with two attached hydrogens (primary N) is 1. The van der Waals surface area contributed by atoms with Crippen LogP contribution in [0.1, 0.15) is 11.5 Å². The van der Waals surface area contributed by atoms with Crippen molar-refractivity contribution in [3.8, 4) is 0 Å². The van der Waals surface area contributed by atoms with Gasteiger partial charge in [-0.25, -0.2) is 9.97 Å². The van der Waals surface area contributed by atoms with E-state index in [0.717, 1.165) is 5.76 Å². The van der Waals surface area contributed by atoms with E-state index >= 15 is 0 Å². The third-order valence-corrected chi connectivity index (χ3v) is 2.14. The van der Waals surface area contributed by atoms with Gasteiger partial charge < -0.3 is 15.5 Å². The Morgan fingerprint density at radius 3 is 2.94 bits per heavy atom. The van der Waals surface area contributed by atoms with Crippen LogP contribution in [0.5, 0.6) is 0 Å². The number of aromatic nitrogens is 2. The van der Waals surface area contributed by atoms with Crippen LogP contribution in [0.4, 0.5) is 5.82 Å². The predicted molar refractivity (Wildman–Crippen MR) is 64.0 cm³/mol. The fourth-order valence-corrected chi connectivity index (χ4v) is 1.38. The van der Waals surface area contributed by atoms with E-state index in [1.54, 1.807) is 18.7 Å². The Kier molecular flexibility index (Phi) is 3.11. The summed E-state index contributed by atoms with van der Waals surface area (Å²) in [7, 11) is 0. The molecule has 0 atom stereocenters. The summed E-state index contributed by atoms with van der Waals surface area (Å²) in [4.78, 5) is 8.39. The van der Waals surface area contributed by atoms with E-state index < -0.39 is 0 Å². The molecule has 6 heteroatoms. The van der Waals surface area contributed by atoms with E-state index in [-0.39, 0.29) is 4.99 Å². The molecule has 3 N–H and O–H groups in total. The number of rotatable bonds is 4. The minimum absolute atomic E-state index is 0.218. The van der Waals surface area contributed by atoms with Crippen LogP contribution in [0.25, 0.3) is 0 Å². The molecule has 0 aromatic carbocycles. The summed E-state index contributed by atoms with van der Waals surface area (Å²) in [5.41, 5.74) is 6.02. The van der Waals surface area contributed by atoms with Crippen molar-refractivity contribution in [2.75, 3.05) is 5.32 Å². The summed E-state index contributed by atoms with van der Waals surface area (Å²) in [6.07, 6.45) is 4.74. The zero-order valence-corrected chi connectivity index (χ0v) is 9.20. The molecule has 2 heterocycles. The monoisotopic (exact) mass is 234 g/mol. The van der Waals surface area contributed by atoms with Crippen molar-refractivity contribution in [1.82, 2.24) is 9.97 Å². The van der Waals surface area contributed by atoms with Crippen molar-refractivity contribution in [2.24, 2.45) is 5.73 Å². The molecular formula is C10H10N4OS. The van der Waals surface area contributed by atoms with E-state index in [9.17, 15) is 0 Å². The highest BCUT2D eigenvalue weighted by molar-refractivity contribution is 7.80. The van der Waals surface area contributed by atoms with Crippen molar-refractivity contribution >= 4 is 23.0 Å². The topological polar surface area (TPSA) is 77.0 Å². The van der Waals surface area contributed by atoms with Crippen LogP contribution < -0.4 is 11.1 Å². The fourth-order valence-electron chi connectivity index (χ4n) is 1.23. The van der Waals surface area contributed by atoms with Crippen molar-refractivity contribution < 1.29 is 4.42 Å². The Morgan fingerprint density at radius 1 is 1.44 bits per heavy atom. The Hall–Kier alpha value is -1.95. The molecule has 0 aliphatic carbocycles. The maximum atomic E-state index is 5.53. The molecule has 16 heavy (non-hydrogen) atoms. The number of hydrogen-bond donors (Lipinski definition) is 2. The fraction of sp³-hybridized carbons (Fsp3) is 0.100. The minimum Gasteiger partial charge on any atom is -0.467 e. The van der Waals surface area contributed by atoms with Gasteiger partial charge in [-0.2, -0.15) is 0 Å². The predicted octanol–water partition coefficient (Wildman–Crippen LogP) is 1.32. The average molecular weight is 234 g/mol. The Morgan fingerprint density at radius 2 is 2.25 bits per heavy atom. The van der Waals surface area contributed by atoms with Crippen LogP contribution >= 0.6 is 12.2 Å². The third-order valence-electron chi connectivity index (χ3n) is 1.94. The first-order chi connectivity index (χ1) is 7.77. The number of nitrogens with zero attached hydrogens (tertiary/aromatic N) is 2. The molecule has 0 spiro atoms. The molecule has 0 aliphatic heterocycles. The molecule has 0 saturated carbocycles. The molecule has 5 nitrogen and oxygen atoms in total. The summed E-state index contributed by atoms with van der Waals surface area (Å²) in [6, 6.07) is 3.69. The summed E-state index contributed by atoms with van der Waals surface area (Å²) < 4.78 is 5.18.